The quantitative estimate of drug-likeness (QED) is 0.536. The fourth-order valence-corrected chi connectivity index (χ4v) is 4.51. The van der Waals surface area contributed by atoms with E-state index in [0.29, 0.717) is 42.4 Å². The van der Waals surface area contributed by atoms with Crippen LogP contribution in [0.3, 0.4) is 0 Å². The first kappa shape index (κ1) is 24.1. The highest BCUT2D eigenvalue weighted by Gasteiger charge is 2.41. The summed E-state index contributed by atoms with van der Waals surface area (Å²) in [5.41, 5.74) is 2.44. The van der Waals surface area contributed by atoms with Gasteiger partial charge < -0.3 is 24.4 Å². The zero-order chi connectivity index (χ0) is 24.8. The minimum absolute atomic E-state index is 0.0956. The van der Waals surface area contributed by atoms with Crippen molar-refractivity contribution in [3.8, 4) is 17.2 Å². The van der Waals surface area contributed by atoms with Gasteiger partial charge in [-0.3, -0.25) is 9.59 Å². The fraction of sp³-hybridized carbons (Fsp3) is 0.286. The van der Waals surface area contributed by atoms with Crippen molar-refractivity contribution < 1.29 is 23.8 Å². The summed E-state index contributed by atoms with van der Waals surface area (Å²) in [6, 6.07) is 22.4. The Morgan fingerprint density at radius 1 is 0.857 bits per heavy atom. The molecule has 0 saturated carbocycles. The molecule has 1 saturated heterocycles. The number of carbonyl (C=O) groups is 2. The third-order valence-corrected chi connectivity index (χ3v) is 6.43. The summed E-state index contributed by atoms with van der Waals surface area (Å²) >= 11 is 0. The van der Waals surface area contributed by atoms with Crippen LogP contribution in [0.1, 0.15) is 27.4 Å². The molecule has 1 aliphatic heterocycles. The molecule has 0 bridgehead atoms. The number of nitrogens with one attached hydrogen (secondary N) is 1. The lowest BCUT2D eigenvalue weighted by molar-refractivity contribution is -0.125. The number of hydrogen-bond donors (Lipinski definition) is 1. The van der Waals surface area contributed by atoms with E-state index in [4.69, 9.17) is 14.2 Å². The lowest BCUT2D eigenvalue weighted by Crippen LogP contribution is -2.35. The van der Waals surface area contributed by atoms with Crippen LogP contribution >= 0.6 is 0 Å². The zero-order valence-corrected chi connectivity index (χ0v) is 20.2. The number of rotatable bonds is 8. The van der Waals surface area contributed by atoms with E-state index >= 15 is 0 Å². The number of likely N-dealkylation sites (tertiary alicyclic amines) is 1. The van der Waals surface area contributed by atoms with Crippen molar-refractivity contribution in [3.63, 3.8) is 0 Å². The van der Waals surface area contributed by atoms with Crippen molar-refractivity contribution in [2.75, 3.05) is 34.4 Å². The Balaban J connectivity index is 1.60. The second-order valence-electron chi connectivity index (χ2n) is 8.46. The van der Waals surface area contributed by atoms with Gasteiger partial charge in [0.25, 0.3) is 5.91 Å². The second kappa shape index (κ2) is 11.0. The van der Waals surface area contributed by atoms with Crippen molar-refractivity contribution in [1.82, 2.24) is 10.2 Å². The molecule has 2 amide bonds. The first-order chi connectivity index (χ1) is 17.0. The molecule has 3 aromatic carbocycles. The normalized spacial score (nSPS) is 17.1. The van der Waals surface area contributed by atoms with E-state index < -0.39 is 5.92 Å². The van der Waals surface area contributed by atoms with E-state index in [1.54, 1.807) is 50.5 Å². The van der Waals surface area contributed by atoms with Gasteiger partial charge in [0.15, 0.2) is 0 Å². The third-order valence-electron chi connectivity index (χ3n) is 6.43. The highest BCUT2D eigenvalue weighted by Crippen LogP contribution is 2.39. The topological polar surface area (TPSA) is 77.1 Å². The minimum atomic E-state index is -0.428. The first-order valence-corrected chi connectivity index (χ1v) is 11.5. The fourth-order valence-electron chi connectivity index (χ4n) is 4.51. The molecule has 0 radical (unpaired) electrons. The average molecular weight is 475 g/mol. The van der Waals surface area contributed by atoms with Gasteiger partial charge in [0.2, 0.25) is 5.91 Å². The molecule has 7 nitrogen and oxygen atoms in total. The number of carbonyl (C=O) groups excluding carboxylic acids is 2. The molecule has 4 rings (SSSR count). The summed E-state index contributed by atoms with van der Waals surface area (Å²) < 4.78 is 16.2. The molecule has 182 valence electrons. The third kappa shape index (κ3) is 5.40. The maximum atomic E-state index is 13.4. The maximum absolute atomic E-state index is 13.4. The number of methoxy groups -OCH3 is 3. The lowest BCUT2D eigenvalue weighted by Gasteiger charge is -2.21. The van der Waals surface area contributed by atoms with Gasteiger partial charge in [-0.25, -0.2) is 0 Å². The lowest BCUT2D eigenvalue weighted by atomic mass is 9.87. The van der Waals surface area contributed by atoms with E-state index in [0.717, 1.165) is 11.1 Å². The van der Waals surface area contributed by atoms with Crippen LogP contribution in [-0.4, -0.2) is 51.1 Å². The molecular weight excluding hydrogens is 444 g/mol. The standard InChI is InChI=1S/C28H30N2O5/c1-33-21-11-9-20(10-12-21)28(32)30-17-24(23-14-13-22(34-2)15-26(23)35-3)25(18-30)27(31)29-16-19-7-5-4-6-8-19/h4-15,24-25H,16-18H2,1-3H3,(H,29,31)/t24-,25-/m1/s1. The molecule has 3 aromatic rings. The summed E-state index contributed by atoms with van der Waals surface area (Å²) in [5, 5.41) is 3.06. The summed E-state index contributed by atoms with van der Waals surface area (Å²) in [6.07, 6.45) is 0. The van der Waals surface area contributed by atoms with Crippen LogP contribution < -0.4 is 19.5 Å². The first-order valence-electron chi connectivity index (χ1n) is 11.5. The SMILES string of the molecule is COc1ccc(C(=O)N2C[C@H](c3ccc(OC)cc3OC)[C@H](C(=O)NCc3ccccc3)C2)cc1. The predicted molar refractivity (Wildman–Crippen MR) is 133 cm³/mol. The summed E-state index contributed by atoms with van der Waals surface area (Å²) in [6.45, 7) is 1.14. The Hall–Kier alpha value is -4.00. The Morgan fingerprint density at radius 3 is 2.20 bits per heavy atom. The van der Waals surface area contributed by atoms with E-state index in [1.165, 1.54) is 0 Å². The molecule has 1 heterocycles. The maximum Gasteiger partial charge on any atom is 0.253 e. The van der Waals surface area contributed by atoms with E-state index in [2.05, 4.69) is 5.32 Å². The smallest absolute Gasteiger partial charge is 0.253 e. The predicted octanol–water partition coefficient (Wildman–Crippen LogP) is 3.88. The van der Waals surface area contributed by atoms with Gasteiger partial charge in [-0.15, -0.1) is 0 Å². The van der Waals surface area contributed by atoms with Crippen LogP contribution in [0, 0.1) is 5.92 Å². The number of ether oxygens (including phenoxy) is 3. The number of amides is 2. The van der Waals surface area contributed by atoms with E-state index in [9.17, 15) is 9.59 Å². The van der Waals surface area contributed by atoms with Crippen LogP contribution in [-0.2, 0) is 11.3 Å². The van der Waals surface area contributed by atoms with Crippen molar-refractivity contribution in [1.29, 1.82) is 0 Å². The summed E-state index contributed by atoms with van der Waals surface area (Å²) in [5.74, 6) is 1.11. The van der Waals surface area contributed by atoms with Crippen molar-refractivity contribution in [2.45, 2.75) is 12.5 Å². The van der Waals surface area contributed by atoms with Gasteiger partial charge in [-0.2, -0.15) is 0 Å². The van der Waals surface area contributed by atoms with Gasteiger partial charge >= 0.3 is 0 Å². The molecule has 35 heavy (non-hydrogen) atoms. The Kier molecular flexibility index (Phi) is 7.55. The molecule has 0 spiro atoms. The zero-order valence-electron chi connectivity index (χ0n) is 20.2. The highest BCUT2D eigenvalue weighted by atomic mass is 16.5. The molecule has 1 aliphatic rings. The Bertz CT molecular complexity index is 1160. The molecule has 0 aliphatic carbocycles. The monoisotopic (exact) mass is 474 g/mol. The van der Waals surface area contributed by atoms with Crippen LogP contribution in [0.5, 0.6) is 17.2 Å². The number of hydrogen-bond acceptors (Lipinski definition) is 5. The van der Waals surface area contributed by atoms with Gasteiger partial charge in [-0.1, -0.05) is 36.4 Å². The molecule has 0 unspecified atom stereocenters. The van der Waals surface area contributed by atoms with Crippen molar-refractivity contribution >= 4 is 11.8 Å². The average Bonchev–Trinajstić information content (AvgIpc) is 3.37. The highest BCUT2D eigenvalue weighted by molar-refractivity contribution is 5.95. The number of nitrogens with zero attached hydrogens (tertiary/aromatic N) is 1. The van der Waals surface area contributed by atoms with Gasteiger partial charge in [0.1, 0.15) is 17.2 Å². The van der Waals surface area contributed by atoms with Crippen molar-refractivity contribution in [2.24, 2.45) is 5.92 Å². The van der Waals surface area contributed by atoms with Crippen LogP contribution in [0.2, 0.25) is 0 Å². The van der Waals surface area contributed by atoms with Gasteiger partial charge in [0, 0.05) is 42.7 Å². The van der Waals surface area contributed by atoms with Gasteiger partial charge in [-0.05, 0) is 35.9 Å². The van der Waals surface area contributed by atoms with Crippen LogP contribution in [0.25, 0.3) is 0 Å². The molecule has 0 aromatic heterocycles. The summed E-state index contributed by atoms with van der Waals surface area (Å²) in [4.78, 5) is 28.4. The molecule has 2 atom stereocenters. The van der Waals surface area contributed by atoms with Crippen LogP contribution in [0.4, 0.5) is 0 Å². The molecule has 7 heteroatoms. The number of benzene rings is 3. The minimum Gasteiger partial charge on any atom is -0.497 e. The van der Waals surface area contributed by atoms with Crippen molar-refractivity contribution in [3.05, 3.63) is 89.5 Å². The Labute approximate surface area is 205 Å². The van der Waals surface area contributed by atoms with Gasteiger partial charge in [0.05, 0.1) is 27.2 Å². The molecule has 1 fully saturated rings. The summed E-state index contributed by atoms with van der Waals surface area (Å²) in [7, 11) is 4.78. The van der Waals surface area contributed by atoms with Crippen LogP contribution in [0.15, 0.2) is 72.8 Å². The largest absolute Gasteiger partial charge is 0.497 e. The molecular formula is C28H30N2O5. The Morgan fingerprint density at radius 2 is 1.54 bits per heavy atom. The molecule has 1 N–H and O–H groups in total. The second-order valence-corrected chi connectivity index (χ2v) is 8.46. The van der Waals surface area contributed by atoms with E-state index in [-0.39, 0.29) is 17.7 Å². The van der Waals surface area contributed by atoms with E-state index in [1.807, 2.05) is 48.5 Å².